The molecule has 166 valence electrons. The fourth-order valence-electron chi connectivity index (χ4n) is 3.28. The summed E-state index contributed by atoms with van der Waals surface area (Å²) >= 11 is 1.63. The summed E-state index contributed by atoms with van der Waals surface area (Å²) in [5, 5.41) is 9.57. The molecule has 1 fully saturated rings. The van der Waals surface area contributed by atoms with E-state index in [0.29, 0.717) is 50.2 Å². The lowest BCUT2D eigenvalue weighted by molar-refractivity contribution is 0.0730. The summed E-state index contributed by atoms with van der Waals surface area (Å²) in [6.07, 6.45) is 1.63. The van der Waals surface area contributed by atoms with Crippen LogP contribution < -0.4 is 0 Å². The van der Waals surface area contributed by atoms with E-state index in [-0.39, 0.29) is 4.90 Å². The molecule has 10 heteroatoms. The smallest absolute Gasteiger partial charge is 0.243 e. The summed E-state index contributed by atoms with van der Waals surface area (Å²) < 4.78 is 40.5. The van der Waals surface area contributed by atoms with Gasteiger partial charge in [0.25, 0.3) is 0 Å². The maximum Gasteiger partial charge on any atom is 0.243 e. The van der Waals surface area contributed by atoms with E-state index in [1.165, 1.54) is 4.31 Å². The Balaban J connectivity index is 1.69. The first-order valence-corrected chi connectivity index (χ1v) is 12.6. The monoisotopic (exact) mass is 462 g/mol. The van der Waals surface area contributed by atoms with E-state index in [9.17, 15) is 8.42 Å². The molecular weight excluding hydrogens is 436 g/mol. The molecule has 4 rings (SSSR count). The van der Waals surface area contributed by atoms with Crippen LogP contribution in [0.25, 0.3) is 11.4 Å². The molecule has 1 aliphatic rings. The minimum Gasteiger partial charge on any atom is -0.467 e. The number of morpholine rings is 1. The second kappa shape index (κ2) is 9.56. The summed E-state index contributed by atoms with van der Waals surface area (Å²) in [7, 11) is -3.60. The molecule has 0 bridgehead atoms. The van der Waals surface area contributed by atoms with Gasteiger partial charge in [0.1, 0.15) is 5.76 Å². The zero-order valence-corrected chi connectivity index (χ0v) is 19.2. The van der Waals surface area contributed by atoms with Gasteiger partial charge in [-0.3, -0.25) is 4.57 Å². The van der Waals surface area contributed by atoms with Crippen molar-refractivity contribution in [3.8, 4) is 11.4 Å². The summed E-state index contributed by atoms with van der Waals surface area (Å²) in [5.74, 6) is 2.80. The highest BCUT2D eigenvalue weighted by Gasteiger charge is 2.27. The van der Waals surface area contributed by atoms with Gasteiger partial charge in [-0.15, -0.1) is 10.2 Å². The Morgan fingerprint density at radius 3 is 2.65 bits per heavy atom. The van der Waals surface area contributed by atoms with Crippen LogP contribution in [0.1, 0.15) is 19.6 Å². The van der Waals surface area contributed by atoms with E-state index >= 15 is 0 Å². The predicted octanol–water partition coefficient (Wildman–Crippen LogP) is 3.36. The molecule has 0 unspecified atom stereocenters. The molecule has 0 spiro atoms. The number of hydrogen-bond acceptors (Lipinski definition) is 7. The van der Waals surface area contributed by atoms with E-state index in [1.807, 2.05) is 22.8 Å². The number of nitrogens with zero attached hydrogens (tertiary/aromatic N) is 4. The molecule has 1 saturated heterocycles. The Morgan fingerprint density at radius 2 is 1.94 bits per heavy atom. The SMILES string of the molecule is CC(C)CSc1nnc(-c2cccc(S(=O)(=O)N3CCOCC3)c2)n1Cc1ccco1. The molecule has 0 atom stereocenters. The molecule has 3 heterocycles. The number of furan rings is 1. The first-order chi connectivity index (χ1) is 14.9. The van der Waals surface area contributed by atoms with Gasteiger partial charge in [0, 0.05) is 24.4 Å². The van der Waals surface area contributed by atoms with Gasteiger partial charge in [-0.1, -0.05) is 37.7 Å². The number of ether oxygens (including phenoxy) is 1. The zero-order valence-electron chi connectivity index (χ0n) is 17.6. The normalized spacial score (nSPS) is 15.6. The van der Waals surface area contributed by atoms with Crippen LogP contribution in [0, 0.1) is 5.92 Å². The van der Waals surface area contributed by atoms with Crippen LogP contribution in [0.15, 0.2) is 57.1 Å². The van der Waals surface area contributed by atoms with Crippen LogP contribution in [0.5, 0.6) is 0 Å². The van der Waals surface area contributed by atoms with Gasteiger partial charge in [-0.2, -0.15) is 4.31 Å². The van der Waals surface area contributed by atoms with Gasteiger partial charge >= 0.3 is 0 Å². The van der Waals surface area contributed by atoms with Crippen molar-refractivity contribution in [2.75, 3.05) is 32.1 Å². The molecule has 0 N–H and O–H groups in total. The molecule has 0 radical (unpaired) electrons. The highest BCUT2D eigenvalue weighted by molar-refractivity contribution is 7.99. The van der Waals surface area contributed by atoms with Crippen molar-refractivity contribution in [2.45, 2.75) is 30.4 Å². The van der Waals surface area contributed by atoms with Crippen LogP contribution in [0.3, 0.4) is 0 Å². The third kappa shape index (κ3) is 5.03. The maximum atomic E-state index is 13.1. The average Bonchev–Trinajstić information content (AvgIpc) is 3.43. The zero-order chi connectivity index (χ0) is 21.8. The minimum absolute atomic E-state index is 0.246. The van der Waals surface area contributed by atoms with Gasteiger partial charge in [0.15, 0.2) is 11.0 Å². The lowest BCUT2D eigenvalue weighted by Crippen LogP contribution is -2.40. The molecule has 1 aromatic carbocycles. The van der Waals surface area contributed by atoms with E-state index in [4.69, 9.17) is 9.15 Å². The molecule has 0 saturated carbocycles. The fraction of sp³-hybridized carbons (Fsp3) is 0.429. The van der Waals surface area contributed by atoms with Crippen LogP contribution in [0.2, 0.25) is 0 Å². The molecule has 3 aromatic rings. The summed E-state index contributed by atoms with van der Waals surface area (Å²) in [6.45, 7) is 6.31. The summed E-state index contributed by atoms with van der Waals surface area (Å²) in [5.41, 5.74) is 0.699. The highest BCUT2D eigenvalue weighted by atomic mass is 32.2. The summed E-state index contributed by atoms with van der Waals surface area (Å²) in [4.78, 5) is 0.246. The second-order valence-corrected chi connectivity index (χ2v) is 10.6. The standard InChI is InChI=1S/C21H26N4O4S2/c1-16(2)15-30-21-23-22-20(25(21)14-18-6-4-10-29-18)17-5-3-7-19(13-17)31(26,27)24-8-11-28-12-9-24/h3-7,10,13,16H,8-9,11-12,14-15H2,1-2H3. The molecule has 31 heavy (non-hydrogen) atoms. The van der Waals surface area contributed by atoms with Crippen molar-refractivity contribution < 1.29 is 17.6 Å². The first kappa shape index (κ1) is 22.1. The van der Waals surface area contributed by atoms with Crippen molar-refractivity contribution >= 4 is 21.8 Å². The van der Waals surface area contributed by atoms with Crippen LogP contribution >= 0.6 is 11.8 Å². The molecule has 8 nitrogen and oxygen atoms in total. The van der Waals surface area contributed by atoms with Crippen LogP contribution in [0.4, 0.5) is 0 Å². The number of thioether (sulfide) groups is 1. The maximum absolute atomic E-state index is 13.1. The van der Waals surface area contributed by atoms with E-state index < -0.39 is 10.0 Å². The molecule has 0 aliphatic carbocycles. The van der Waals surface area contributed by atoms with Crippen molar-refractivity contribution in [3.05, 3.63) is 48.4 Å². The molecule has 2 aromatic heterocycles. The van der Waals surface area contributed by atoms with Crippen LogP contribution in [-0.2, 0) is 21.3 Å². The van der Waals surface area contributed by atoms with Crippen LogP contribution in [-0.4, -0.2) is 59.5 Å². The van der Waals surface area contributed by atoms with Gasteiger partial charge in [-0.25, -0.2) is 8.42 Å². The Kier molecular flexibility index (Phi) is 6.80. The van der Waals surface area contributed by atoms with Gasteiger partial charge < -0.3 is 9.15 Å². The number of sulfonamides is 1. The third-order valence-electron chi connectivity index (χ3n) is 4.86. The largest absolute Gasteiger partial charge is 0.467 e. The topological polar surface area (TPSA) is 90.5 Å². The van der Waals surface area contributed by atoms with Gasteiger partial charge in [0.2, 0.25) is 10.0 Å². The lowest BCUT2D eigenvalue weighted by atomic mass is 10.2. The van der Waals surface area contributed by atoms with E-state index in [1.54, 1.807) is 36.2 Å². The molecular formula is C21H26N4O4S2. The third-order valence-corrected chi connectivity index (χ3v) is 8.14. The Morgan fingerprint density at radius 1 is 1.13 bits per heavy atom. The molecule has 0 amide bonds. The lowest BCUT2D eigenvalue weighted by Gasteiger charge is -2.26. The van der Waals surface area contributed by atoms with Crippen molar-refractivity contribution in [1.82, 2.24) is 19.1 Å². The van der Waals surface area contributed by atoms with Crippen molar-refractivity contribution in [3.63, 3.8) is 0 Å². The Bertz CT molecular complexity index is 1100. The van der Waals surface area contributed by atoms with Gasteiger partial charge in [0.05, 0.1) is 30.9 Å². The number of aromatic nitrogens is 3. The fourth-order valence-corrected chi connectivity index (χ4v) is 5.63. The summed E-state index contributed by atoms with van der Waals surface area (Å²) in [6, 6.07) is 10.6. The second-order valence-electron chi connectivity index (χ2n) is 7.72. The number of benzene rings is 1. The number of rotatable bonds is 8. The Labute approximate surface area is 186 Å². The molecule has 1 aliphatic heterocycles. The number of hydrogen-bond donors (Lipinski definition) is 0. The van der Waals surface area contributed by atoms with E-state index in [0.717, 1.165) is 16.7 Å². The Hall–Kier alpha value is -2.14. The average molecular weight is 463 g/mol. The van der Waals surface area contributed by atoms with Gasteiger partial charge in [-0.05, 0) is 30.2 Å². The minimum atomic E-state index is -3.60. The van der Waals surface area contributed by atoms with Crippen molar-refractivity contribution in [1.29, 1.82) is 0 Å². The quantitative estimate of drug-likeness (QED) is 0.474. The highest BCUT2D eigenvalue weighted by Crippen LogP contribution is 2.28. The van der Waals surface area contributed by atoms with Crippen molar-refractivity contribution in [2.24, 2.45) is 5.92 Å². The first-order valence-electron chi connectivity index (χ1n) is 10.2. The van der Waals surface area contributed by atoms with E-state index in [2.05, 4.69) is 24.0 Å². The predicted molar refractivity (Wildman–Crippen MR) is 118 cm³/mol.